The van der Waals surface area contributed by atoms with Crippen LogP contribution in [0.3, 0.4) is 0 Å². The number of anilines is 1. The smallest absolute Gasteiger partial charge is 0.255 e. The Kier molecular flexibility index (Phi) is 1.89. The molecule has 0 radical (unpaired) electrons. The van der Waals surface area contributed by atoms with Crippen LogP contribution in [0.4, 0.5) is 5.69 Å². The van der Waals surface area contributed by atoms with Gasteiger partial charge >= 0.3 is 0 Å². The van der Waals surface area contributed by atoms with Gasteiger partial charge < -0.3 is 4.57 Å². The SMILES string of the molecule is O=C1C=C2c3cccn3-c3ccccc3N2C2=NCCN12. The fraction of sp³-hybridized carbons (Fsp3) is 0.125. The summed E-state index contributed by atoms with van der Waals surface area (Å²) >= 11 is 0. The summed E-state index contributed by atoms with van der Waals surface area (Å²) < 4.78 is 2.12. The molecule has 1 amide bonds. The standard InChI is InChI=1S/C16H12N4O/c21-15-10-14-12-6-3-8-18(12)11-4-1-2-5-13(11)20(14)16-17-7-9-19(15)16/h1-6,8,10H,7,9H2. The first kappa shape index (κ1) is 10.9. The van der Waals surface area contributed by atoms with Gasteiger partial charge in [-0.3, -0.25) is 19.6 Å². The summed E-state index contributed by atoms with van der Waals surface area (Å²) in [7, 11) is 0. The molecule has 0 fully saturated rings. The van der Waals surface area contributed by atoms with Crippen molar-refractivity contribution in [3.8, 4) is 5.69 Å². The number of hydrogen-bond acceptors (Lipinski definition) is 3. The number of carbonyl (C=O) groups is 1. The summed E-state index contributed by atoms with van der Waals surface area (Å²) in [6, 6.07) is 12.2. The zero-order valence-electron chi connectivity index (χ0n) is 11.2. The molecule has 2 aromatic rings. The van der Waals surface area contributed by atoms with Crippen molar-refractivity contribution in [1.82, 2.24) is 9.47 Å². The second-order valence-corrected chi connectivity index (χ2v) is 5.29. The molecule has 21 heavy (non-hydrogen) atoms. The van der Waals surface area contributed by atoms with Gasteiger partial charge in [-0.25, -0.2) is 0 Å². The molecule has 102 valence electrons. The highest BCUT2D eigenvalue weighted by atomic mass is 16.2. The number of fused-ring (bicyclic) bond motifs is 8. The third-order valence-electron chi connectivity index (χ3n) is 4.18. The Labute approximate surface area is 121 Å². The number of hydrogen-bond donors (Lipinski definition) is 0. The molecule has 0 bridgehead atoms. The van der Waals surface area contributed by atoms with Gasteiger partial charge in [0.2, 0.25) is 5.96 Å². The number of aromatic nitrogens is 1. The molecule has 5 rings (SSSR count). The monoisotopic (exact) mass is 276 g/mol. The number of rotatable bonds is 0. The van der Waals surface area contributed by atoms with Crippen LogP contribution in [0.15, 0.2) is 53.7 Å². The molecule has 0 saturated carbocycles. The second-order valence-electron chi connectivity index (χ2n) is 5.29. The Morgan fingerprint density at radius 2 is 1.90 bits per heavy atom. The number of nitrogens with zero attached hydrogens (tertiary/aromatic N) is 4. The van der Waals surface area contributed by atoms with Crippen molar-refractivity contribution in [2.75, 3.05) is 18.0 Å². The molecule has 5 nitrogen and oxygen atoms in total. The molecule has 3 aliphatic heterocycles. The van der Waals surface area contributed by atoms with E-state index in [9.17, 15) is 4.79 Å². The zero-order chi connectivity index (χ0) is 14.0. The number of amides is 1. The topological polar surface area (TPSA) is 40.8 Å². The van der Waals surface area contributed by atoms with Crippen molar-refractivity contribution in [1.29, 1.82) is 0 Å². The summed E-state index contributed by atoms with van der Waals surface area (Å²) in [6.07, 6.45) is 3.74. The van der Waals surface area contributed by atoms with Crippen molar-refractivity contribution < 1.29 is 4.79 Å². The first-order valence-electron chi connectivity index (χ1n) is 6.99. The van der Waals surface area contributed by atoms with E-state index in [1.165, 1.54) is 0 Å². The summed E-state index contributed by atoms with van der Waals surface area (Å²) in [4.78, 5) is 20.7. The predicted octanol–water partition coefficient (Wildman–Crippen LogP) is 1.85. The Morgan fingerprint density at radius 3 is 2.81 bits per heavy atom. The molecule has 0 aliphatic carbocycles. The lowest BCUT2D eigenvalue weighted by atomic mass is 10.1. The van der Waals surface area contributed by atoms with Crippen molar-refractivity contribution in [3.05, 3.63) is 54.4 Å². The lowest BCUT2D eigenvalue weighted by molar-refractivity contribution is -0.122. The van der Waals surface area contributed by atoms with Crippen molar-refractivity contribution in [2.45, 2.75) is 0 Å². The number of para-hydroxylation sites is 2. The lowest BCUT2D eigenvalue weighted by Crippen LogP contribution is -2.49. The Bertz CT molecular complexity index is 845. The first-order valence-corrected chi connectivity index (χ1v) is 6.99. The van der Waals surface area contributed by atoms with E-state index in [2.05, 4.69) is 26.6 Å². The van der Waals surface area contributed by atoms with Crippen LogP contribution in [0, 0.1) is 0 Å². The second kappa shape index (κ2) is 3.63. The maximum Gasteiger partial charge on any atom is 0.255 e. The van der Waals surface area contributed by atoms with Crippen LogP contribution in [0.25, 0.3) is 11.4 Å². The number of aliphatic imine (C=N–C) groups is 1. The Hall–Kier alpha value is -2.82. The molecular formula is C16H12N4O. The van der Waals surface area contributed by atoms with Crippen LogP contribution >= 0.6 is 0 Å². The van der Waals surface area contributed by atoms with Crippen molar-refractivity contribution >= 4 is 23.3 Å². The van der Waals surface area contributed by atoms with E-state index in [4.69, 9.17) is 0 Å². The number of benzene rings is 1. The molecular weight excluding hydrogens is 264 g/mol. The van der Waals surface area contributed by atoms with Gasteiger partial charge in [-0.1, -0.05) is 12.1 Å². The van der Waals surface area contributed by atoms with Crippen molar-refractivity contribution in [2.24, 2.45) is 4.99 Å². The maximum absolute atomic E-state index is 12.3. The largest absolute Gasteiger partial charge is 0.313 e. The van der Waals surface area contributed by atoms with Crippen molar-refractivity contribution in [3.63, 3.8) is 0 Å². The molecule has 1 aromatic heterocycles. The van der Waals surface area contributed by atoms with Gasteiger partial charge in [-0.2, -0.15) is 0 Å². The first-order chi connectivity index (χ1) is 10.3. The Morgan fingerprint density at radius 1 is 1.05 bits per heavy atom. The van der Waals surface area contributed by atoms with Gasteiger partial charge in [0.15, 0.2) is 0 Å². The molecule has 0 atom stereocenters. The quantitative estimate of drug-likeness (QED) is 0.737. The minimum absolute atomic E-state index is 0.0182. The average Bonchev–Trinajstić information content (AvgIpc) is 3.17. The van der Waals surface area contributed by atoms with Gasteiger partial charge in [0.25, 0.3) is 5.91 Å². The highest BCUT2D eigenvalue weighted by molar-refractivity contribution is 6.23. The minimum Gasteiger partial charge on any atom is -0.313 e. The third kappa shape index (κ3) is 1.25. The molecule has 3 aliphatic rings. The Balaban J connectivity index is 1.87. The molecule has 0 saturated heterocycles. The molecule has 5 heteroatoms. The van der Waals surface area contributed by atoms with E-state index >= 15 is 0 Å². The lowest BCUT2D eigenvalue weighted by Gasteiger charge is -2.39. The third-order valence-corrected chi connectivity index (χ3v) is 4.18. The van der Waals surface area contributed by atoms with E-state index in [-0.39, 0.29) is 5.91 Å². The summed E-state index contributed by atoms with van der Waals surface area (Å²) in [5, 5.41) is 0. The van der Waals surface area contributed by atoms with Gasteiger partial charge in [-0.05, 0) is 24.3 Å². The van der Waals surface area contributed by atoms with Gasteiger partial charge in [0.05, 0.1) is 29.3 Å². The highest BCUT2D eigenvalue weighted by Gasteiger charge is 2.39. The molecule has 0 N–H and O–H groups in total. The van der Waals surface area contributed by atoms with Crippen LogP contribution in [-0.4, -0.2) is 34.4 Å². The van der Waals surface area contributed by atoms with E-state index < -0.39 is 0 Å². The van der Waals surface area contributed by atoms with E-state index in [1.54, 1.807) is 11.0 Å². The normalized spacial score (nSPS) is 18.6. The van der Waals surface area contributed by atoms with Crippen LogP contribution < -0.4 is 4.90 Å². The van der Waals surface area contributed by atoms with E-state index in [0.29, 0.717) is 13.1 Å². The zero-order valence-corrected chi connectivity index (χ0v) is 11.2. The summed E-state index contributed by atoms with van der Waals surface area (Å²) in [5.41, 5.74) is 4.10. The van der Waals surface area contributed by atoms with E-state index in [1.807, 2.05) is 30.5 Å². The summed E-state index contributed by atoms with van der Waals surface area (Å²) in [5.74, 6) is 0.766. The van der Waals surface area contributed by atoms with E-state index in [0.717, 1.165) is 28.7 Å². The molecule has 1 aromatic carbocycles. The van der Waals surface area contributed by atoms with Crippen LogP contribution in [0.1, 0.15) is 5.69 Å². The molecule has 0 spiro atoms. The van der Waals surface area contributed by atoms with Gasteiger partial charge in [0, 0.05) is 18.8 Å². The van der Waals surface area contributed by atoms with Gasteiger partial charge in [0.1, 0.15) is 0 Å². The fourth-order valence-corrected chi connectivity index (χ4v) is 3.29. The average molecular weight is 276 g/mol. The number of guanidine groups is 1. The van der Waals surface area contributed by atoms with Crippen LogP contribution in [0.5, 0.6) is 0 Å². The highest BCUT2D eigenvalue weighted by Crippen LogP contribution is 2.41. The molecule has 0 unspecified atom stereocenters. The molecule has 4 heterocycles. The van der Waals surface area contributed by atoms with Crippen LogP contribution in [0.2, 0.25) is 0 Å². The maximum atomic E-state index is 12.3. The van der Waals surface area contributed by atoms with Crippen LogP contribution in [-0.2, 0) is 4.79 Å². The predicted molar refractivity (Wildman–Crippen MR) is 80.2 cm³/mol. The number of carbonyl (C=O) groups excluding carboxylic acids is 1. The summed E-state index contributed by atoms with van der Waals surface area (Å²) in [6.45, 7) is 1.33. The van der Waals surface area contributed by atoms with Gasteiger partial charge in [-0.15, -0.1) is 0 Å². The fourth-order valence-electron chi connectivity index (χ4n) is 3.29. The minimum atomic E-state index is 0.0182.